The van der Waals surface area contributed by atoms with E-state index in [0.29, 0.717) is 4.47 Å². The van der Waals surface area contributed by atoms with Gasteiger partial charge in [-0.05, 0) is 39.7 Å². The Kier molecular flexibility index (Phi) is 3.08. The smallest absolute Gasteiger partial charge is 0.241 e. The first-order valence-corrected chi connectivity index (χ1v) is 4.35. The van der Waals surface area contributed by atoms with Crippen molar-refractivity contribution < 1.29 is 9.90 Å². The average molecular weight is 242 g/mol. The summed E-state index contributed by atoms with van der Waals surface area (Å²) in [6, 6.07) is 4.90. The van der Waals surface area contributed by atoms with Crippen LogP contribution in [0.25, 0.3) is 6.08 Å². The summed E-state index contributed by atoms with van der Waals surface area (Å²) in [5.41, 5.74) is 5.72. The zero-order valence-corrected chi connectivity index (χ0v) is 8.28. The van der Waals surface area contributed by atoms with Crippen molar-refractivity contribution in [1.29, 1.82) is 0 Å². The Morgan fingerprint density at radius 3 is 2.77 bits per heavy atom. The van der Waals surface area contributed by atoms with Crippen LogP contribution in [0, 0.1) is 0 Å². The molecule has 0 spiro atoms. The Labute approximate surface area is 84.0 Å². The Hall–Kier alpha value is -1.29. The zero-order chi connectivity index (χ0) is 9.84. The summed E-state index contributed by atoms with van der Waals surface area (Å²) < 4.78 is 0.583. The second kappa shape index (κ2) is 4.09. The molecule has 0 saturated heterocycles. The summed E-state index contributed by atoms with van der Waals surface area (Å²) >= 11 is 3.15. The van der Waals surface area contributed by atoms with Crippen LogP contribution in [-0.2, 0) is 4.79 Å². The predicted octanol–water partition coefficient (Wildman–Crippen LogP) is 1.65. The van der Waals surface area contributed by atoms with Crippen molar-refractivity contribution in [3.05, 3.63) is 34.3 Å². The summed E-state index contributed by atoms with van der Waals surface area (Å²) in [5, 5.41) is 9.16. The quantitative estimate of drug-likeness (QED) is 0.774. The van der Waals surface area contributed by atoms with Crippen molar-refractivity contribution in [1.82, 2.24) is 0 Å². The van der Waals surface area contributed by atoms with Crippen molar-refractivity contribution in [2.24, 2.45) is 5.73 Å². The molecule has 0 radical (unpaired) electrons. The van der Waals surface area contributed by atoms with Crippen LogP contribution in [0.3, 0.4) is 0 Å². The molecule has 0 fully saturated rings. The zero-order valence-electron chi connectivity index (χ0n) is 6.70. The Morgan fingerprint density at radius 2 is 2.23 bits per heavy atom. The van der Waals surface area contributed by atoms with Gasteiger partial charge in [-0.3, -0.25) is 4.79 Å². The van der Waals surface area contributed by atoms with Gasteiger partial charge >= 0.3 is 0 Å². The standard InChI is InChI=1S/C9H8BrNO2/c10-7-5-6(1-3-8(7)12)2-4-9(11)13/h1-5,12H,(H2,11,13). The van der Waals surface area contributed by atoms with E-state index >= 15 is 0 Å². The van der Waals surface area contributed by atoms with Gasteiger partial charge in [-0.1, -0.05) is 6.07 Å². The third kappa shape index (κ3) is 2.91. The van der Waals surface area contributed by atoms with Crippen molar-refractivity contribution in [2.75, 3.05) is 0 Å². The number of carbonyl (C=O) groups is 1. The van der Waals surface area contributed by atoms with Crippen LogP contribution >= 0.6 is 15.9 Å². The van der Waals surface area contributed by atoms with E-state index in [1.54, 1.807) is 18.2 Å². The molecule has 1 rings (SSSR count). The van der Waals surface area contributed by atoms with Gasteiger partial charge in [-0.15, -0.1) is 0 Å². The number of phenolic OH excluding ortho intramolecular Hbond substituents is 1. The van der Waals surface area contributed by atoms with E-state index in [1.165, 1.54) is 12.1 Å². The third-order valence-corrected chi connectivity index (χ3v) is 2.05. The lowest BCUT2D eigenvalue weighted by Gasteiger charge is -1.97. The van der Waals surface area contributed by atoms with Crippen LogP contribution in [0.1, 0.15) is 5.56 Å². The fourth-order valence-corrected chi connectivity index (χ4v) is 1.20. The fraction of sp³-hybridized carbons (Fsp3) is 0. The fourth-order valence-electron chi connectivity index (χ4n) is 0.805. The normalized spacial score (nSPS) is 10.5. The highest BCUT2D eigenvalue weighted by atomic mass is 79.9. The minimum Gasteiger partial charge on any atom is -0.507 e. The molecule has 1 amide bonds. The minimum atomic E-state index is -0.496. The van der Waals surface area contributed by atoms with E-state index in [1.807, 2.05) is 0 Å². The number of hydrogen-bond donors (Lipinski definition) is 2. The highest BCUT2D eigenvalue weighted by Gasteiger charge is 1.96. The topological polar surface area (TPSA) is 63.3 Å². The van der Waals surface area contributed by atoms with E-state index in [0.717, 1.165) is 5.56 Å². The second-order valence-corrected chi connectivity index (χ2v) is 3.30. The number of nitrogens with two attached hydrogens (primary N) is 1. The maximum atomic E-state index is 10.4. The summed E-state index contributed by atoms with van der Waals surface area (Å²) in [4.78, 5) is 10.4. The van der Waals surface area contributed by atoms with Gasteiger partial charge in [0, 0.05) is 6.08 Å². The molecule has 0 atom stereocenters. The molecule has 0 unspecified atom stereocenters. The first-order chi connectivity index (χ1) is 6.09. The highest BCUT2D eigenvalue weighted by molar-refractivity contribution is 9.10. The maximum absolute atomic E-state index is 10.4. The van der Waals surface area contributed by atoms with Crippen LogP contribution < -0.4 is 5.73 Å². The molecule has 3 nitrogen and oxygen atoms in total. The number of aromatic hydroxyl groups is 1. The molecule has 4 heteroatoms. The number of phenols is 1. The maximum Gasteiger partial charge on any atom is 0.241 e. The van der Waals surface area contributed by atoms with Gasteiger partial charge in [-0.2, -0.15) is 0 Å². The molecule has 0 saturated carbocycles. The first-order valence-electron chi connectivity index (χ1n) is 3.55. The van der Waals surface area contributed by atoms with E-state index in [4.69, 9.17) is 10.8 Å². The number of hydrogen-bond acceptors (Lipinski definition) is 2. The number of carbonyl (C=O) groups excluding carboxylic acids is 1. The Balaban J connectivity index is 2.92. The summed E-state index contributed by atoms with van der Waals surface area (Å²) in [7, 11) is 0. The monoisotopic (exact) mass is 241 g/mol. The van der Waals surface area contributed by atoms with E-state index in [-0.39, 0.29) is 5.75 Å². The number of amides is 1. The summed E-state index contributed by atoms with van der Waals surface area (Å²) in [6.45, 7) is 0. The lowest BCUT2D eigenvalue weighted by Crippen LogP contribution is -2.04. The van der Waals surface area contributed by atoms with Gasteiger partial charge < -0.3 is 10.8 Å². The number of primary amides is 1. The van der Waals surface area contributed by atoms with Crippen LogP contribution in [0.2, 0.25) is 0 Å². The molecule has 0 aromatic heterocycles. The molecular weight excluding hydrogens is 234 g/mol. The largest absolute Gasteiger partial charge is 0.507 e. The Bertz CT molecular complexity index is 361. The molecule has 0 aliphatic rings. The molecule has 0 aliphatic carbocycles. The van der Waals surface area contributed by atoms with Gasteiger partial charge in [0.1, 0.15) is 5.75 Å². The molecule has 0 aliphatic heterocycles. The molecule has 0 heterocycles. The molecule has 1 aromatic rings. The lowest BCUT2D eigenvalue weighted by atomic mass is 10.2. The van der Waals surface area contributed by atoms with E-state index < -0.39 is 5.91 Å². The summed E-state index contributed by atoms with van der Waals surface area (Å²) in [6.07, 6.45) is 2.84. The number of benzene rings is 1. The summed E-state index contributed by atoms with van der Waals surface area (Å²) in [5.74, 6) is -0.333. The van der Waals surface area contributed by atoms with E-state index in [9.17, 15) is 4.79 Å². The van der Waals surface area contributed by atoms with Crippen molar-refractivity contribution in [3.63, 3.8) is 0 Å². The van der Waals surface area contributed by atoms with Gasteiger partial charge in [0.15, 0.2) is 0 Å². The average Bonchev–Trinajstić information content (AvgIpc) is 2.07. The Morgan fingerprint density at radius 1 is 1.54 bits per heavy atom. The van der Waals surface area contributed by atoms with Gasteiger partial charge in [0.05, 0.1) is 4.47 Å². The molecule has 68 valence electrons. The minimum absolute atomic E-state index is 0.163. The number of rotatable bonds is 2. The third-order valence-electron chi connectivity index (χ3n) is 1.41. The van der Waals surface area contributed by atoms with Gasteiger partial charge in [0.25, 0.3) is 0 Å². The molecule has 1 aromatic carbocycles. The van der Waals surface area contributed by atoms with Crippen LogP contribution in [0.15, 0.2) is 28.7 Å². The molecule has 13 heavy (non-hydrogen) atoms. The van der Waals surface area contributed by atoms with Crippen molar-refractivity contribution >= 4 is 27.9 Å². The van der Waals surface area contributed by atoms with Crippen LogP contribution in [-0.4, -0.2) is 11.0 Å². The predicted molar refractivity (Wildman–Crippen MR) is 54.0 cm³/mol. The lowest BCUT2D eigenvalue weighted by molar-refractivity contribution is -0.113. The van der Waals surface area contributed by atoms with Crippen molar-refractivity contribution in [3.8, 4) is 5.75 Å². The number of halogens is 1. The van der Waals surface area contributed by atoms with Gasteiger partial charge in [-0.25, -0.2) is 0 Å². The van der Waals surface area contributed by atoms with E-state index in [2.05, 4.69) is 15.9 Å². The van der Waals surface area contributed by atoms with Crippen LogP contribution in [0.5, 0.6) is 5.75 Å². The molecule has 3 N–H and O–H groups in total. The first kappa shape index (κ1) is 9.80. The highest BCUT2D eigenvalue weighted by Crippen LogP contribution is 2.24. The SMILES string of the molecule is NC(=O)C=Cc1ccc(O)c(Br)c1. The molecule has 0 bridgehead atoms. The molecular formula is C9H8BrNO2. The second-order valence-electron chi connectivity index (χ2n) is 2.45. The van der Waals surface area contributed by atoms with Crippen LogP contribution in [0.4, 0.5) is 0 Å². The van der Waals surface area contributed by atoms with Gasteiger partial charge in [0.2, 0.25) is 5.91 Å². The van der Waals surface area contributed by atoms with Crippen molar-refractivity contribution in [2.45, 2.75) is 0 Å².